The summed E-state index contributed by atoms with van der Waals surface area (Å²) >= 11 is 0. The number of nitriles is 1. The van der Waals surface area contributed by atoms with E-state index in [1.165, 1.54) is 0 Å². The average Bonchev–Trinajstić information content (AvgIpc) is 2.86. The number of hydrogen-bond acceptors (Lipinski definition) is 2. The summed E-state index contributed by atoms with van der Waals surface area (Å²) in [7, 11) is 0. The molecule has 0 aromatic carbocycles. The third kappa shape index (κ3) is 0.932. The highest BCUT2D eigenvalue weighted by molar-refractivity contribution is 5.31. The molecule has 55 valence electrons. The zero-order valence-electron chi connectivity index (χ0n) is 6.22. The highest BCUT2D eigenvalue weighted by Crippen LogP contribution is 2.50. The first-order chi connectivity index (χ1) is 5.37. The number of allylic oxidation sites excluding steroid dienone is 3. The van der Waals surface area contributed by atoms with Crippen LogP contribution in [0.25, 0.3) is 0 Å². The first-order valence-corrected chi connectivity index (χ1v) is 3.81. The van der Waals surface area contributed by atoms with Gasteiger partial charge in [0.15, 0.2) is 0 Å². The molecule has 0 saturated heterocycles. The average molecular weight is 145 g/mol. The largest absolute Gasteiger partial charge is 0.383 e. The van der Waals surface area contributed by atoms with Crippen molar-refractivity contribution in [2.45, 2.75) is 12.8 Å². The lowest BCUT2D eigenvalue weighted by Crippen LogP contribution is -2.22. The molecule has 1 aliphatic carbocycles. The molecule has 0 bridgehead atoms. The smallest absolute Gasteiger partial charge is 0.0975 e. The standard InChI is InChI=1S/C9H9N2/c10-7-9(4-5-9)8-3-1-2-6-11-8/h1-2,11H,4-6H2. The summed E-state index contributed by atoms with van der Waals surface area (Å²) in [4.78, 5) is 0. The van der Waals surface area contributed by atoms with Crippen molar-refractivity contribution >= 4 is 0 Å². The van der Waals surface area contributed by atoms with Gasteiger partial charge in [0.2, 0.25) is 0 Å². The van der Waals surface area contributed by atoms with Gasteiger partial charge in [-0.15, -0.1) is 0 Å². The Kier molecular flexibility index (Phi) is 1.25. The van der Waals surface area contributed by atoms with E-state index in [2.05, 4.69) is 17.5 Å². The Bertz CT molecular complexity index is 264. The van der Waals surface area contributed by atoms with Crippen LogP contribution in [0.1, 0.15) is 12.8 Å². The van der Waals surface area contributed by atoms with Crippen molar-refractivity contribution in [3.05, 3.63) is 23.9 Å². The van der Waals surface area contributed by atoms with Crippen LogP contribution in [0.5, 0.6) is 0 Å². The van der Waals surface area contributed by atoms with Crippen molar-refractivity contribution < 1.29 is 0 Å². The Hall–Kier alpha value is -1.23. The van der Waals surface area contributed by atoms with Crippen molar-refractivity contribution in [2.75, 3.05) is 6.54 Å². The number of hydrogen-bond donors (Lipinski definition) is 1. The zero-order valence-corrected chi connectivity index (χ0v) is 6.22. The SMILES string of the molecule is N#CC1(C2=[C]C=CCN2)CC1. The van der Waals surface area contributed by atoms with Gasteiger partial charge in [0, 0.05) is 18.3 Å². The van der Waals surface area contributed by atoms with Gasteiger partial charge in [-0.25, -0.2) is 0 Å². The summed E-state index contributed by atoms with van der Waals surface area (Å²) in [5.41, 5.74) is 0.799. The lowest BCUT2D eigenvalue weighted by Gasteiger charge is -2.14. The van der Waals surface area contributed by atoms with Gasteiger partial charge in [0.1, 0.15) is 0 Å². The van der Waals surface area contributed by atoms with Crippen LogP contribution < -0.4 is 5.32 Å². The molecule has 1 radical (unpaired) electrons. The number of rotatable bonds is 1. The summed E-state index contributed by atoms with van der Waals surface area (Å²) in [6, 6.07) is 2.33. The van der Waals surface area contributed by atoms with E-state index < -0.39 is 0 Å². The van der Waals surface area contributed by atoms with Crippen LogP contribution in [-0.4, -0.2) is 6.54 Å². The van der Waals surface area contributed by atoms with Gasteiger partial charge in [-0.05, 0) is 12.8 Å². The molecule has 0 amide bonds. The molecule has 2 rings (SSSR count). The molecule has 1 heterocycles. The third-order valence-electron chi connectivity index (χ3n) is 2.18. The molecule has 0 atom stereocenters. The van der Waals surface area contributed by atoms with Crippen molar-refractivity contribution in [3.63, 3.8) is 0 Å². The fraction of sp³-hybridized carbons (Fsp3) is 0.444. The van der Waals surface area contributed by atoms with Crippen LogP contribution in [0.3, 0.4) is 0 Å². The van der Waals surface area contributed by atoms with Crippen molar-refractivity contribution in [3.8, 4) is 6.07 Å². The maximum absolute atomic E-state index is 8.83. The van der Waals surface area contributed by atoms with E-state index in [-0.39, 0.29) is 5.41 Å². The minimum atomic E-state index is -0.190. The highest BCUT2D eigenvalue weighted by atomic mass is 14.9. The van der Waals surface area contributed by atoms with E-state index in [4.69, 9.17) is 5.26 Å². The second-order valence-corrected chi connectivity index (χ2v) is 3.00. The molecule has 0 aromatic heterocycles. The molecular weight excluding hydrogens is 136 g/mol. The molecule has 1 fully saturated rings. The Labute approximate surface area is 66.2 Å². The first-order valence-electron chi connectivity index (χ1n) is 3.81. The Morgan fingerprint density at radius 1 is 1.64 bits per heavy atom. The Balaban J connectivity index is 2.22. The van der Waals surface area contributed by atoms with Crippen molar-refractivity contribution in [1.29, 1.82) is 5.26 Å². The van der Waals surface area contributed by atoms with Crippen molar-refractivity contribution in [1.82, 2.24) is 5.32 Å². The predicted octanol–water partition coefficient (Wildman–Crippen LogP) is 1.14. The van der Waals surface area contributed by atoms with Crippen LogP contribution in [0.15, 0.2) is 17.8 Å². The molecule has 1 N–H and O–H groups in total. The van der Waals surface area contributed by atoms with E-state index in [1.54, 1.807) is 0 Å². The third-order valence-corrected chi connectivity index (χ3v) is 2.18. The molecule has 1 aliphatic heterocycles. The molecule has 2 aliphatic rings. The van der Waals surface area contributed by atoms with E-state index in [0.717, 1.165) is 25.1 Å². The number of nitrogens with one attached hydrogen (secondary N) is 1. The minimum absolute atomic E-state index is 0.190. The number of dihydropyridines is 1. The second kappa shape index (κ2) is 2.13. The van der Waals surface area contributed by atoms with Crippen molar-refractivity contribution in [2.24, 2.45) is 5.41 Å². The van der Waals surface area contributed by atoms with Gasteiger partial charge in [0.05, 0.1) is 11.5 Å². The van der Waals surface area contributed by atoms with Gasteiger partial charge >= 0.3 is 0 Å². The Morgan fingerprint density at radius 3 is 2.91 bits per heavy atom. The van der Waals surface area contributed by atoms with E-state index >= 15 is 0 Å². The highest BCUT2D eigenvalue weighted by Gasteiger charge is 2.47. The number of nitrogens with zero attached hydrogens (tertiary/aromatic N) is 1. The van der Waals surface area contributed by atoms with Crippen LogP contribution in [0.4, 0.5) is 0 Å². The summed E-state index contributed by atoms with van der Waals surface area (Å²) in [6.45, 7) is 0.839. The van der Waals surface area contributed by atoms with Gasteiger partial charge in [-0.3, -0.25) is 0 Å². The monoisotopic (exact) mass is 145 g/mol. The van der Waals surface area contributed by atoms with E-state index in [9.17, 15) is 0 Å². The summed E-state index contributed by atoms with van der Waals surface area (Å²) < 4.78 is 0. The fourth-order valence-electron chi connectivity index (χ4n) is 1.26. The molecule has 1 saturated carbocycles. The van der Waals surface area contributed by atoms with Gasteiger partial charge in [-0.2, -0.15) is 5.26 Å². The maximum Gasteiger partial charge on any atom is 0.0975 e. The molecule has 2 heteroatoms. The predicted molar refractivity (Wildman–Crippen MR) is 41.2 cm³/mol. The molecule has 2 nitrogen and oxygen atoms in total. The van der Waals surface area contributed by atoms with Crippen LogP contribution in [0.2, 0.25) is 0 Å². The Morgan fingerprint density at radius 2 is 2.45 bits per heavy atom. The lowest BCUT2D eigenvalue weighted by molar-refractivity contribution is 0.685. The summed E-state index contributed by atoms with van der Waals surface area (Å²) in [5.74, 6) is 0. The topological polar surface area (TPSA) is 35.8 Å². The fourth-order valence-corrected chi connectivity index (χ4v) is 1.26. The van der Waals surface area contributed by atoms with E-state index in [1.807, 2.05) is 12.2 Å². The second-order valence-electron chi connectivity index (χ2n) is 3.00. The minimum Gasteiger partial charge on any atom is -0.383 e. The van der Waals surface area contributed by atoms with Crippen LogP contribution in [0, 0.1) is 22.8 Å². The first kappa shape index (κ1) is 6.48. The molecule has 11 heavy (non-hydrogen) atoms. The molecular formula is C9H9N2. The quantitative estimate of drug-likeness (QED) is 0.600. The zero-order chi connectivity index (χ0) is 7.73. The summed E-state index contributed by atoms with van der Waals surface area (Å²) in [6.07, 6.45) is 8.95. The normalized spacial score (nSPS) is 24.8. The van der Waals surface area contributed by atoms with Crippen LogP contribution in [-0.2, 0) is 0 Å². The molecule has 0 unspecified atom stereocenters. The van der Waals surface area contributed by atoms with E-state index in [0.29, 0.717) is 0 Å². The summed E-state index contributed by atoms with van der Waals surface area (Å²) in [5, 5.41) is 12.0. The van der Waals surface area contributed by atoms with Gasteiger partial charge in [-0.1, -0.05) is 12.2 Å². The van der Waals surface area contributed by atoms with Gasteiger partial charge < -0.3 is 5.32 Å². The maximum atomic E-state index is 8.83. The molecule has 0 aromatic rings. The van der Waals surface area contributed by atoms with Crippen LogP contribution >= 0.6 is 0 Å². The molecule has 0 spiro atoms. The van der Waals surface area contributed by atoms with Gasteiger partial charge in [0.25, 0.3) is 0 Å². The lowest BCUT2D eigenvalue weighted by atomic mass is 10.0.